The maximum Gasteiger partial charge on any atom is 0.0703 e. The number of aromatic nitrogens is 1. The first-order valence-electron chi connectivity index (χ1n) is 6.61. The summed E-state index contributed by atoms with van der Waals surface area (Å²) in [7, 11) is 4.08. The number of anilines is 3. The normalized spacial score (nSPS) is 10.5. The van der Waals surface area contributed by atoms with Crippen LogP contribution in [-0.2, 0) is 0 Å². The number of fused-ring (bicyclic) bond motifs is 1. The molecule has 3 nitrogen and oxygen atoms in total. The van der Waals surface area contributed by atoms with E-state index < -0.39 is 0 Å². The maximum atomic E-state index is 4.33. The fourth-order valence-electron chi connectivity index (χ4n) is 2.16. The van der Waals surface area contributed by atoms with E-state index >= 15 is 0 Å². The Bertz CT molecular complexity index is 718. The summed E-state index contributed by atoms with van der Waals surface area (Å²) in [5.41, 5.74) is 4.36. The van der Waals surface area contributed by atoms with Gasteiger partial charge in [0.15, 0.2) is 0 Å². The van der Waals surface area contributed by atoms with Gasteiger partial charge in [0, 0.05) is 42.7 Å². The van der Waals surface area contributed by atoms with Gasteiger partial charge < -0.3 is 10.2 Å². The lowest BCUT2D eigenvalue weighted by atomic mass is 10.2. The van der Waals surface area contributed by atoms with E-state index in [0.29, 0.717) is 0 Å². The van der Waals surface area contributed by atoms with Crippen LogP contribution in [0.5, 0.6) is 0 Å². The molecule has 100 valence electrons. The first kappa shape index (κ1) is 12.5. The van der Waals surface area contributed by atoms with E-state index in [9.17, 15) is 0 Å². The molecule has 0 aliphatic heterocycles. The van der Waals surface area contributed by atoms with Crippen molar-refractivity contribution in [3.63, 3.8) is 0 Å². The molecule has 0 saturated heterocycles. The second-order valence-corrected chi connectivity index (χ2v) is 4.98. The van der Waals surface area contributed by atoms with E-state index in [1.54, 1.807) is 0 Å². The van der Waals surface area contributed by atoms with Gasteiger partial charge in [0.05, 0.1) is 5.52 Å². The Morgan fingerprint density at radius 1 is 0.900 bits per heavy atom. The number of rotatable bonds is 3. The van der Waals surface area contributed by atoms with Gasteiger partial charge in [-0.3, -0.25) is 4.98 Å². The van der Waals surface area contributed by atoms with E-state index in [1.165, 1.54) is 5.69 Å². The number of hydrogen-bond donors (Lipinski definition) is 1. The molecule has 0 unspecified atom stereocenters. The smallest absolute Gasteiger partial charge is 0.0703 e. The van der Waals surface area contributed by atoms with Gasteiger partial charge in [-0.25, -0.2) is 0 Å². The van der Waals surface area contributed by atoms with Crippen LogP contribution in [0.15, 0.2) is 60.8 Å². The Morgan fingerprint density at radius 3 is 2.40 bits per heavy atom. The Kier molecular flexibility index (Phi) is 3.25. The van der Waals surface area contributed by atoms with Crippen molar-refractivity contribution in [2.75, 3.05) is 24.3 Å². The van der Waals surface area contributed by atoms with E-state index in [4.69, 9.17) is 0 Å². The molecule has 3 aromatic rings. The van der Waals surface area contributed by atoms with Crippen LogP contribution in [0, 0.1) is 0 Å². The van der Waals surface area contributed by atoms with Crippen LogP contribution >= 0.6 is 0 Å². The van der Waals surface area contributed by atoms with Crippen LogP contribution in [0.25, 0.3) is 10.9 Å². The molecule has 0 bridgehead atoms. The molecule has 0 atom stereocenters. The quantitative estimate of drug-likeness (QED) is 0.773. The molecule has 0 spiro atoms. The lowest BCUT2D eigenvalue weighted by Gasteiger charge is -2.13. The highest BCUT2D eigenvalue weighted by atomic mass is 15.1. The van der Waals surface area contributed by atoms with Crippen LogP contribution in [0.3, 0.4) is 0 Å². The fourth-order valence-corrected chi connectivity index (χ4v) is 2.16. The van der Waals surface area contributed by atoms with Crippen LogP contribution in [0.4, 0.5) is 17.1 Å². The van der Waals surface area contributed by atoms with Crippen molar-refractivity contribution in [3.8, 4) is 0 Å². The topological polar surface area (TPSA) is 28.2 Å². The SMILES string of the molecule is CN(C)c1ccc(Nc2ccc3ncccc3c2)cc1. The van der Waals surface area contributed by atoms with E-state index in [-0.39, 0.29) is 0 Å². The molecule has 0 aliphatic carbocycles. The molecule has 3 heteroatoms. The third-order valence-electron chi connectivity index (χ3n) is 3.28. The summed E-state index contributed by atoms with van der Waals surface area (Å²) in [6.07, 6.45) is 1.81. The summed E-state index contributed by atoms with van der Waals surface area (Å²) < 4.78 is 0. The molecule has 0 amide bonds. The van der Waals surface area contributed by atoms with Gasteiger partial charge in [-0.1, -0.05) is 6.07 Å². The minimum Gasteiger partial charge on any atom is -0.378 e. The Morgan fingerprint density at radius 2 is 1.65 bits per heavy atom. The van der Waals surface area contributed by atoms with Crippen LogP contribution < -0.4 is 10.2 Å². The molecule has 20 heavy (non-hydrogen) atoms. The van der Waals surface area contributed by atoms with Gasteiger partial charge in [-0.2, -0.15) is 0 Å². The van der Waals surface area contributed by atoms with Crippen LogP contribution in [0.2, 0.25) is 0 Å². The Balaban J connectivity index is 1.85. The van der Waals surface area contributed by atoms with Gasteiger partial charge in [0.2, 0.25) is 0 Å². The summed E-state index contributed by atoms with van der Waals surface area (Å²) >= 11 is 0. The summed E-state index contributed by atoms with van der Waals surface area (Å²) in [4.78, 5) is 6.42. The van der Waals surface area contributed by atoms with Crippen molar-refractivity contribution in [1.29, 1.82) is 0 Å². The van der Waals surface area contributed by atoms with E-state index in [2.05, 4.69) is 57.7 Å². The predicted molar refractivity (Wildman–Crippen MR) is 85.8 cm³/mol. The number of nitrogens with one attached hydrogen (secondary N) is 1. The molecule has 0 radical (unpaired) electrons. The highest BCUT2D eigenvalue weighted by Gasteiger charge is 1.99. The monoisotopic (exact) mass is 263 g/mol. The first-order valence-corrected chi connectivity index (χ1v) is 6.61. The summed E-state index contributed by atoms with van der Waals surface area (Å²) in [5.74, 6) is 0. The van der Waals surface area contributed by atoms with Crippen molar-refractivity contribution in [2.45, 2.75) is 0 Å². The summed E-state index contributed by atoms with van der Waals surface area (Å²) in [6.45, 7) is 0. The number of benzene rings is 2. The fraction of sp³-hybridized carbons (Fsp3) is 0.118. The zero-order chi connectivity index (χ0) is 13.9. The van der Waals surface area contributed by atoms with Crippen molar-refractivity contribution in [3.05, 3.63) is 60.8 Å². The van der Waals surface area contributed by atoms with Crippen molar-refractivity contribution in [2.24, 2.45) is 0 Å². The van der Waals surface area contributed by atoms with Gasteiger partial charge in [0.1, 0.15) is 0 Å². The van der Waals surface area contributed by atoms with Gasteiger partial charge >= 0.3 is 0 Å². The highest BCUT2D eigenvalue weighted by molar-refractivity contribution is 5.83. The van der Waals surface area contributed by atoms with E-state index in [0.717, 1.165) is 22.3 Å². The lowest BCUT2D eigenvalue weighted by molar-refractivity contribution is 1.13. The number of hydrogen-bond acceptors (Lipinski definition) is 3. The molecule has 0 fully saturated rings. The Hall–Kier alpha value is -2.55. The van der Waals surface area contributed by atoms with Gasteiger partial charge in [-0.15, -0.1) is 0 Å². The third-order valence-corrected chi connectivity index (χ3v) is 3.28. The molecule has 1 aromatic heterocycles. The van der Waals surface area contributed by atoms with Crippen molar-refractivity contribution in [1.82, 2.24) is 4.98 Å². The number of nitrogens with zero attached hydrogens (tertiary/aromatic N) is 2. The summed E-state index contributed by atoms with van der Waals surface area (Å²) in [5, 5.41) is 4.56. The second-order valence-electron chi connectivity index (χ2n) is 4.98. The Labute approximate surface area is 118 Å². The van der Waals surface area contributed by atoms with Crippen molar-refractivity contribution >= 4 is 28.0 Å². The molecule has 1 heterocycles. The van der Waals surface area contributed by atoms with Gasteiger partial charge in [-0.05, 0) is 48.5 Å². The number of pyridine rings is 1. The molecule has 2 aromatic carbocycles. The van der Waals surface area contributed by atoms with Crippen LogP contribution in [0.1, 0.15) is 0 Å². The molecule has 1 N–H and O–H groups in total. The molecular formula is C17H17N3. The molecule has 0 saturated carbocycles. The average molecular weight is 263 g/mol. The third kappa shape index (κ3) is 2.57. The molecule has 0 aliphatic rings. The lowest BCUT2D eigenvalue weighted by Crippen LogP contribution is -2.08. The standard InChI is InChI=1S/C17H17N3/c1-20(2)16-8-5-14(6-9-16)19-15-7-10-17-13(12-15)4-3-11-18-17/h3-12,19H,1-2H3. The second kappa shape index (κ2) is 5.21. The summed E-state index contributed by atoms with van der Waals surface area (Å²) in [6, 6.07) is 18.6. The molecular weight excluding hydrogens is 246 g/mol. The first-order chi connectivity index (χ1) is 9.72. The maximum absolute atomic E-state index is 4.33. The molecule has 3 rings (SSSR count). The highest BCUT2D eigenvalue weighted by Crippen LogP contribution is 2.22. The minimum atomic E-state index is 1.01. The predicted octanol–water partition coefficient (Wildman–Crippen LogP) is 4.04. The largest absolute Gasteiger partial charge is 0.378 e. The van der Waals surface area contributed by atoms with Crippen molar-refractivity contribution < 1.29 is 0 Å². The average Bonchev–Trinajstić information content (AvgIpc) is 2.48. The zero-order valence-electron chi connectivity index (χ0n) is 11.7. The van der Waals surface area contributed by atoms with E-state index in [1.807, 2.05) is 32.4 Å². The van der Waals surface area contributed by atoms with Gasteiger partial charge in [0.25, 0.3) is 0 Å². The minimum absolute atomic E-state index is 1.01. The zero-order valence-corrected chi connectivity index (χ0v) is 11.7. The van der Waals surface area contributed by atoms with Crippen LogP contribution in [-0.4, -0.2) is 19.1 Å².